The Morgan fingerprint density at radius 1 is 0.435 bits per heavy atom. The molecule has 2 heterocycles. The van der Waals surface area contributed by atoms with Gasteiger partial charge in [-0.3, -0.25) is 4.79 Å². The first kappa shape index (κ1) is 78.0. The first-order valence-corrected chi connectivity index (χ1v) is 34.0. The highest BCUT2D eigenvalue weighted by atomic mass is 16.7. The van der Waals surface area contributed by atoms with Crippen LogP contribution in [0.3, 0.4) is 0 Å². The summed E-state index contributed by atoms with van der Waals surface area (Å²) in [5.74, 6) is -0.287. The average Bonchev–Trinajstić information content (AvgIpc) is 3.69. The first-order chi connectivity index (χ1) is 41.6. The molecule has 9 N–H and O–H groups in total. The molecule has 2 rings (SSSR count). The van der Waals surface area contributed by atoms with E-state index in [1.54, 1.807) is 6.08 Å². The summed E-state index contributed by atoms with van der Waals surface area (Å²) in [5.41, 5.74) is 0. The number of ether oxygens (including phenoxy) is 4. The molecule has 14 nitrogen and oxygen atoms in total. The molecule has 12 atom stereocenters. The van der Waals surface area contributed by atoms with Crippen molar-refractivity contribution in [2.45, 2.75) is 325 Å². The zero-order valence-electron chi connectivity index (χ0n) is 53.1. The summed E-state index contributed by atoms with van der Waals surface area (Å²) < 4.78 is 22.8. The Bertz CT molecular complexity index is 1800. The minimum Gasteiger partial charge on any atom is -0.394 e. The van der Waals surface area contributed by atoms with Crippen molar-refractivity contribution in [3.8, 4) is 0 Å². The molecule has 0 radical (unpaired) electrons. The molecule has 0 aliphatic carbocycles. The smallest absolute Gasteiger partial charge is 0.220 e. The largest absolute Gasteiger partial charge is 0.394 e. The number of aliphatic hydroxyl groups excluding tert-OH is 8. The van der Waals surface area contributed by atoms with Crippen LogP contribution < -0.4 is 5.32 Å². The normalized spacial score (nSPS) is 24.2. The predicted octanol–water partition coefficient (Wildman–Crippen LogP) is 13.4. The number of nitrogens with one attached hydrogen (secondary N) is 1. The van der Waals surface area contributed by atoms with E-state index >= 15 is 0 Å². The molecule has 0 aromatic rings. The van der Waals surface area contributed by atoms with Crippen LogP contribution in [0.5, 0.6) is 0 Å². The lowest BCUT2D eigenvalue weighted by molar-refractivity contribution is -0.359. The second-order valence-electron chi connectivity index (χ2n) is 23.5. The lowest BCUT2D eigenvalue weighted by atomic mass is 9.97. The van der Waals surface area contributed by atoms with Crippen LogP contribution in [0.15, 0.2) is 97.2 Å². The van der Waals surface area contributed by atoms with Crippen LogP contribution in [0.25, 0.3) is 0 Å². The van der Waals surface area contributed by atoms with Gasteiger partial charge in [-0.1, -0.05) is 252 Å². The molecule has 2 aliphatic heterocycles. The maximum absolute atomic E-state index is 13.3. The Morgan fingerprint density at radius 3 is 1.29 bits per heavy atom. The van der Waals surface area contributed by atoms with E-state index in [0.717, 1.165) is 77.0 Å². The second-order valence-corrected chi connectivity index (χ2v) is 23.5. The van der Waals surface area contributed by atoms with Gasteiger partial charge in [0.25, 0.3) is 0 Å². The highest BCUT2D eigenvalue weighted by Crippen LogP contribution is 2.30. The maximum Gasteiger partial charge on any atom is 0.220 e. The number of unbranched alkanes of at least 4 members (excludes halogenated alkanes) is 27. The van der Waals surface area contributed by atoms with Crippen molar-refractivity contribution in [3.63, 3.8) is 0 Å². The molecule has 0 aromatic heterocycles. The van der Waals surface area contributed by atoms with Gasteiger partial charge in [-0.2, -0.15) is 0 Å². The van der Waals surface area contributed by atoms with E-state index in [-0.39, 0.29) is 18.9 Å². The number of aliphatic hydroxyl groups is 8. The zero-order valence-corrected chi connectivity index (χ0v) is 53.1. The molecule has 2 aliphatic rings. The lowest BCUT2D eigenvalue weighted by Crippen LogP contribution is -2.65. The predicted molar refractivity (Wildman–Crippen MR) is 346 cm³/mol. The van der Waals surface area contributed by atoms with Crippen molar-refractivity contribution >= 4 is 5.91 Å². The van der Waals surface area contributed by atoms with Crippen molar-refractivity contribution in [2.24, 2.45) is 0 Å². The van der Waals surface area contributed by atoms with Crippen LogP contribution in [0.2, 0.25) is 0 Å². The van der Waals surface area contributed by atoms with E-state index in [9.17, 15) is 45.6 Å². The fraction of sp³-hybridized carbons (Fsp3) is 0.761. The van der Waals surface area contributed by atoms with Gasteiger partial charge in [-0.15, -0.1) is 0 Å². The van der Waals surface area contributed by atoms with E-state index in [1.807, 2.05) is 6.08 Å². The summed E-state index contributed by atoms with van der Waals surface area (Å²) in [6, 6.07) is -0.964. The average molecular weight is 1200 g/mol. The SMILES string of the molecule is CC/C=C\C/C=C\C/C=C\C/C=C\C/C=C\CCCCCC(=O)NC(COC1OC(CO)C(OC2OC(CO)C(O)C(O)C2O)C(O)C1O)C(O)/C=C/CC/C=C/CC/C=C/CCCCCCCCCCCCCCCCCCCCCCCC. The summed E-state index contributed by atoms with van der Waals surface area (Å²) in [6.07, 6.45) is 60.5. The molecule has 12 unspecified atom stereocenters. The third-order valence-electron chi connectivity index (χ3n) is 16.0. The number of carbonyl (C=O) groups is 1. The monoisotopic (exact) mass is 1200 g/mol. The topological polar surface area (TPSA) is 228 Å². The molecule has 490 valence electrons. The molecule has 0 bridgehead atoms. The fourth-order valence-corrected chi connectivity index (χ4v) is 10.6. The van der Waals surface area contributed by atoms with Crippen molar-refractivity contribution in [3.05, 3.63) is 97.2 Å². The van der Waals surface area contributed by atoms with E-state index in [1.165, 1.54) is 141 Å². The lowest BCUT2D eigenvalue weighted by Gasteiger charge is -2.46. The van der Waals surface area contributed by atoms with Gasteiger partial charge < -0.3 is 65.1 Å². The van der Waals surface area contributed by atoms with E-state index in [4.69, 9.17) is 18.9 Å². The van der Waals surface area contributed by atoms with Gasteiger partial charge in [0, 0.05) is 6.42 Å². The standard InChI is InChI=1S/C71H123NO13/c1-3-5-7-9-11-13-15-17-19-21-23-24-25-26-27-28-29-30-31-32-33-34-35-37-38-40-42-44-46-48-50-52-54-60(75)59(72-63(76)55-53-51-49-47-45-43-41-39-36-22-20-18-16-14-12-10-8-6-4-2)58-82-70-68(81)66(79)69(62(57-74)84-70)85-71-67(80)65(78)64(77)61(56-73)83-71/h6,8,12,14,18,20,36-39,43-46,52,54,59-62,64-71,73-75,77-81H,3-5,7,9-11,13,15-17,19,21-35,40-42,47-51,53,55-58H2,1-2H3,(H,72,76)/b8-6-,14-12-,20-18-,38-37+,39-36-,45-43-,46-44+,54-52+. The quantitative estimate of drug-likeness (QED) is 0.0204. The molecule has 14 heteroatoms. The molecular weight excluding hydrogens is 1070 g/mol. The highest BCUT2D eigenvalue weighted by Gasteiger charge is 2.51. The Balaban J connectivity index is 1.72. The van der Waals surface area contributed by atoms with Gasteiger partial charge in [0.05, 0.1) is 32.0 Å². The Hall–Kier alpha value is -3.09. The van der Waals surface area contributed by atoms with Gasteiger partial charge >= 0.3 is 0 Å². The number of hydrogen-bond acceptors (Lipinski definition) is 13. The van der Waals surface area contributed by atoms with Crippen LogP contribution >= 0.6 is 0 Å². The van der Waals surface area contributed by atoms with Crippen LogP contribution in [-0.2, 0) is 23.7 Å². The third kappa shape index (κ3) is 39.5. The van der Waals surface area contributed by atoms with Crippen LogP contribution in [0.1, 0.15) is 251 Å². The van der Waals surface area contributed by atoms with Gasteiger partial charge in [0.15, 0.2) is 12.6 Å². The Morgan fingerprint density at radius 2 is 0.824 bits per heavy atom. The summed E-state index contributed by atoms with van der Waals surface area (Å²) in [5, 5.41) is 87.2. The highest BCUT2D eigenvalue weighted by molar-refractivity contribution is 5.76. The van der Waals surface area contributed by atoms with Crippen molar-refractivity contribution < 1.29 is 64.6 Å². The Labute approximate surface area is 515 Å². The fourth-order valence-electron chi connectivity index (χ4n) is 10.6. The summed E-state index contributed by atoms with van der Waals surface area (Å²) in [7, 11) is 0. The minimum atomic E-state index is -1.80. The third-order valence-corrected chi connectivity index (χ3v) is 16.0. The molecule has 85 heavy (non-hydrogen) atoms. The minimum absolute atomic E-state index is 0.225. The van der Waals surface area contributed by atoms with Crippen molar-refractivity contribution in [1.29, 1.82) is 0 Å². The number of amides is 1. The molecular formula is C71H123NO13. The van der Waals surface area contributed by atoms with Crippen LogP contribution in [-0.4, -0.2) is 140 Å². The second kappa shape index (κ2) is 55.0. The molecule has 2 saturated heterocycles. The van der Waals surface area contributed by atoms with Gasteiger partial charge in [-0.25, -0.2) is 0 Å². The number of hydrogen-bond donors (Lipinski definition) is 9. The molecule has 2 fully saturated rings. The van der Waals surface area contributed by atoms with Crippen LogP contribution in [0.4, 0.5) is 0 Å². The molecule has 0 spiro atoms. The summed E-state index contributed by atoms with van der Waals surface area (Å²) in [4.78, 5) is 13.3. The summed E-state index contributed by atoms with van der Waals surface area (Å²) in [6.45, 7) is 2.65. The van der Waals surface area contributed by atoms with Gasteiger partial charge in [-0.05, 0) is 89.9 Å². The van der Waals surface area contributed by atoms with E-state index in [2.05, 4.69) is 104 Å². The van der Waals surface area contributed by atoms with E-state index < -0.39 is 86.8 Å². The van der Waals surface area contributed by atoms with E-state index in [0.29, 0.717) is 12.8 Å². The summed E-state index contributed by atoms with van der Waals surface area (Å²) >= 11 is 0. The Kier molecular flexibility index (Phi) is 50.5. The number of allylic oxidation sites excluding steroid dienone is 15. The first-order valence-electron chi connectivity index (χ1n) is 34.0. The molecule has 0 saturated carbocycles. The number of carbonyl (C=O) groups excluding carboxylic acids is 1. The van der Waals surface area contributed by atoms with Crippen molar-refractivity contribution in [2.75, 3.05) is 19.8 Å². The maximum atomic E-state index is 13.3. The number of rotatable bonds is 54. The molecule has 1 amide bonds. The van der Waals surface area contributed by atoms with Gasteiger partial charge in [0.1, 0.15) is 48.8 Å². The van der Waals surface area contributed by atoms with Crippen molar-refractivity contribution in [1.82, 2.24) is 5.32 Å². The zero-order chi connectivity index (χ0) is 61.6. The van der Waals surface area contributed by atoms with Crippen LogP contribution in [0, 0.1) is 0 Å². The van der Waals surface area contributed by atoms with Gasteiger partial charge in [0.2, 0.25) is 5.91 Å². The molecule has 0 aromatic carbocycles.